The Bertz CT molecular complexity index is 376. The predicted molar refractivity (Wildman–Crippen MR) is 76.6 cm³/mol. The number of benzene rings is 1. The maximum Gasteiger partial charge on any atom is 0.119 e. The molecule has 18 heavy (non-hydrogen) atoms. The van der Waals surface area contributed by atoms with E-state index < -0.39 is 0 Å². The van der Waals surface area contributed by atoms with Crippen molar-refractivity contribution in [2.24, 2.45) is 5.92 Å². The summed E-state index contributed by atoms with van der Waals surface area (Å²) in [6.07, 6.45) is 3.76. The summed E-state index contributed by atoms with van der Waals surface area (Å²) in [7, 11) is 0. The molecular formula is C15H22ClNO. The highest BCUT2D eigenvalue weighted by Crippen LogP contribution is 2.26. The van der Waals surface area contributed by atoms with Gasteiger partial charge in [-0.15, -0.1) is 0 Å². The van der Waals surface area contributed by atoms with Crippen LogP contribution in [0.2, 0.25) is 5.02 Å². The molecule has 1 N–H and O–H groups in total. The van der Waals surface area contributed by atoms with Crippen molar-refractivity contribution in [1.82, 2.24) is 5.32 Å². The van der Waals surface area contributed by atoms with Gasteiger partial charge in [0.2, 0.25) is 0 Å². The van der Waals surface area contributed by atoms with E-state index >= 15 is 0 Å². The Labute approximate surface area is 115 Å². The monoisotopic (exact) mass is 267 g/mol. The fourth-order valence-corrected chi connectivity index (χ4v) is 2.61. The van der Waals surface area contributed by atoms with Gasteiger partial charge in [0.25, 0.3) is 0 Å². The molecule has 0 bridgehead atoms. The number of nitrogens with one attached hydrogen (secondary N) is 1. The molecule has 0 saturated carbocycles. The van der Waals surface area contributed by atoms with E-state index in [1.165, 1.54) is 19.4 Å². The van der Waals surface area contributed by atoms with E-state index in [4.69, 9.17) is 16.3 Å². The van der Waals surface area contributed by atoms with Crippen LogP contribution in [0.3, 0.4) is 0 Å². The van der Waals surface area contributed by atoms with Gasteiger partial charge in [-0.3, -0.25) is 0 Å². The zero-order valence-corrected chi connectivity index (χ0v) is 12.0. The number of rotatable bonds is 4. The summed E-state index contributed by atoms with van der Waals surface area (Å²) >= 11 is 6.14. The summed E-state index contributed by atoms with van der Waals surface area (Å²) in [6, 6.07) is 4.04. The molecule has 0 radical (unpaired) electrons. The van der Waals surface area contributed by atoms with Gasteiger partial charge >= 0.3 is 0 Å². The molecule has 0 unspecified atom stereocenters. The van der Waals surface area contributed by atoms with Gasteiger partial charge in [0, 0.05) is 5.02 Å². The molecule has 0 spiro atoms. The lowest BCUT2D eigenvalue weighted by Gasteiger charge is -2.22. The van der Waals surface area contributed by atoms with E-state index in [-0.39, 0.29) is 0 Å². The third-order valence-electron chi connectivity index (χ3n) is 3.60. The molecule has 2 nitrogen and oxygen atoms in total. The van der Waals surface area contributed by atoms with Crippen LogP contribution in [-0.2, 0) is 0 Å². The van der Waals surface area contributed by atoms with Crippen LogP contribution in [0.4, 0.5) is 0 Å². The number of ether oxygens (including phenoxy) is 1. The van der Waals surface area contributed by atoms with Gasteiger partial charge in [0.1, 0.15) is 5.75 Å². The SMILES string of the molecule is Cc1cc(OCC[C@H]2CCCNC2)cc(C)c1Cl. The van der Waals surface area contributed by atoms with Gasteiger partial charge in [-0.05, 0) is 75.4 Å². The lowest BCUT2D eigenvalue weighted by Crippen LogP contribution is -2.30. The third-order valence-corrected chi connectivity index (χ3v) is 4.20. The Morgan fingerprint density at radius 2 is 2.06 bits per heavy atom. The van der Waals surface area contributed by atoms with Crippen molar-refractivity contribution in [3.63, 3.8) is 0 Å². The van der Waals surface area contributed by atoms with Crippen molar-refractivity contribution >= 4 is 11.6 Å². The molecule has 1 aromatic rings. The van der Waals surface area contributed by atoms with Gasteiger partial charge in [-0.2, -0.15) is 0 Å². The fraction of sp³-hybridized carbons (Fsp3) is 0.600. The van der Waals surface area contributed by atoms with Crippen molar-refractivity contribution < 1.29 is 4.74 Å². The van der Waals surface area contributed by atoms with Crippen molar-refractivity contribution in [2.75, 3.05) is 19.7 Å². The quantitative estimate of drug-likeness (QED) is 0.898. The minimum atomic E-state index is 0.772. The molecule has 2 rings (SSSR count). The van der Waals surface area contributed by atoms with Crippen molar-refractivity contribution in [3.05, 3.63) is 28.3 Å². The number of hydrogen-bond donors (Lipinski definition) is 1. The summed E-state index contributed by atoms with van der Waals surface area (Å²) in [5.41, 5.74) is 2.18. The zero-order chi connectivity index (χ0) is 13.0. The number of hydrogen-bond acceptors (Lipinski definition) is 2. The van der Waals surface area contributed by atoms with Gasteiger partial charge in [-0.1, -0.05) is 11.6 Å². The van der Waals surface area contributed by atoms with E-state index in [0.717, 1.165) is 47.4 Å². The van der Waals surface area contributed by atoms with Crippen LogP contribution >= 0.6 is 11.6 Å². The highest BCUT2D eigenvalue weighted by Gasteiger charge is 2.12. The Balaban J connectivity index is 1.82. The van der Waals surface area contributed by atoms with Crippen LogP contribution in [0, 0.1) is 19.8 Å². The smallest absolute Gasteiger partial charge is 0.119 e. The van der Waals surface area contributed by atoms with E-state index in [2.05, 4.69) is 5.32 Å². The second kappa shape index (κ2) is 6.44. The standard InChI is InChI=1S/C15H22ClNO/c1-11-8-14(9-12(2)15(11)16)18-7-5-13-4-3-6-17-10-13/h8-9,13,17H,3-7,10H2,1-2H3/t13-/m1/s1. The topological polar surface area (TPSA) is 21.3 Å². The molecular weight excluding hydrogens is 246 g/mol. The minimum Gasteiger partial charge on any atom is -0.494 e. The van der Waals surface area contributed by atoms with E-state index in [0.29, 0.717) is 0 Å². The summed E-state index contributed by atoms with van der Waals surface area (Å²) in [4.78, 5) is 0. The first-order valence-corrected chi connectivity index (χ1v) is 7.15. The maximum absolute atomic E-state index is 6.14. The van der Waals surface area contributed by atoms with Crippen molar-refractivity contribution in [3.8, 4) is 5.75 Å². The molecule has 100 valence electrons. The summed E-state index contributed by atoms with van der Waals surface area (Å²) in [5.74, 6) is 1.71. The number of piperidine rings is 1. The van der Waals surface area contributed by atoms with Crippen LogP contribution in [0.15, 0.2) is 12.1 Å². The molecule has 0 amide bonds. The van der Waals surface area contributed by atoms with Gasteiger partial charge in [-0.25, -0.2) is 0 Å². The lowest BCUT2D eigenvalue weighted by molar-refractivity contribution is 0.254. The molecule has 1 heterocycles. The molecule has 3 heteroatoms. The Morgan fingerprint density at radius 3 is 2.67 bits per heavy atom. The van der Waals surface area contributed by atoms with E-state index in [9.17, 15) is 0 Å². The van der Waals surface area contributed by atoms with Crippen LogP contribution < -0.4 is 10.1 Å². The van der Waals surface area contributed by atoms with Crippen LogP contribution in [-0.4, -0.2) is 19.7 Å². The van der Waals surface area contributed by atoms with Gasteiger partial charge < -0.3 is 10.1 Å². The first-order chi connectivity index (χ1) is 8.66. The van der Waals surface area contributed by atoms with Crippen LogP contribution in [0.5, 0.6) is 5.75 Å². The second-order valence-electron chi connectivity index (χ2n) is 5.22. The van der Waals surface area contributed by atoms with Crippen molar-refractivity contribution in [1.29, 1.82) is 0 Å². The first-order valence-electron chi connectivity index (χ1n) is 6.77. The minimum absolute atomic E-state index is 0.772. The number of aryl methyl sites for hydroxylation is 2. The maximum atomic E-state index is 6.14. The van der Waals surface area contributed by atoms with E-state index in [1.54, 1.807) is 0 Å². The largest absolute Gasteiger partial charge is 0.494 e. The summed E-state index contributed by atoms with van der Waals surface area (Å²) in [5, 5.41) is 4.28. The van der Waals surface area contributed by atoms with E-state index in [1.807, 2.05) is 26.0 Å². The Morgan fingerprint density at radius 1 is 1.33 bits per heavy atom. The molecule has 1 fully saturated rings. The molecule has 1 atom stereocenters. The molecule has 1 aliphatic rings. The average molecular weight is 268 g/mol. The lowest BCUT2D eigenvalue weighted by atomic mass is 9.97. The normalized spacial score (nSPS) is 19.8. The summed E-state index contributed by atoms with van der Waals surface area (Å²) < 4.78 is 5.84. The van der Waals surface area contributed by atoms with Gasteiger partial charge in [0.15, 0.2) is 0 Å². The molecule has 0 aromatic heterocycles. The van der Waals surface area contributed by atoms with Gasteiger partial charge in [0.05, 0.1) is 6.61 Å². The van der Waals surface area contributed by atoms with Crippen LogP contribution in [0.1, 0.15) is 30.4 Å². The highest BCUT2D eigenvalue weighted by atomic mass is 35.5. The fourth-order valence-electron chi connectivity index (χ4n) is 2.50. The Hall–Kier alpha value is -0.730. The Kier molecular flexibility index (Phi) is 4.90. The molecule has 1 aliphatic heterocycles. The predicted octanol–water partition coefficient (Wildman–Crippen LogP) is 3.73. The second-order valence-corrected chi connectivity index (χ2v) is 5.60. The zero-order valence-electron chi connectivity index (χ0n) is 11.3. The van der Waals surface area contributed by atoms with Crippen LogP contribution in [0.25, 0.3) is 0 Å². The average Bonchev–Trinajstić information content (AvgIpc) is 2.37. The highest BCUT2D eigenvalue weighted by molar-refractivity contribution is 6.32. The number of halogens is 1. The molecule has 1 aromatic carbocycles. The summed E-state index contributed by atoms with van der Waals surface area (Å²) in [6.45, 7) is 7.16. The molecule has 0 aliphatic carbocycles. The third kappa shape index (κ3) is 3.63. The first kappa shape index (κ1) is 13.7. The molecule has 1 saturated heterocycles. The van der Waals surface area contributed by atoms with Crippen molar-refractivity contribution in [2.45, 2.75) is 33.1 Å².